The molecule has 1 aliphatic rings. The van der Waals surface area contributed by atoms with Gasteiger partial charge < -0.3 is 19.5 Å². The van der Waals surface area contributed by atoms with Gasteiger partial charge >= 0.3 is 11.8 Å². The van der Waals surface area contributed by atoms with Crippen LogP contribution in [0, 0.1) is 10.1 Å². The Morgan fingerprint density at radius 2 is 2.38 bits per heavy atom. The first-order chi connectivity index (χ1) is 10.0. The van der Waals surface area contributed by atoms with Gasteiger partial charge in [0.25, 0.3) is 5.88 Å². The van der Waals surface area contributed by atoms with Crippen LogP contribution in [0.15, 0.2) is 12.1 Å². The van der Waals surface area contributed by atoms with Gasteiger partial charge in [-0.15, -0.1) is 0 Å². The van der Waals surface area contributed by atoms with E-state index in [0.717, 1.165) is 12.8 Å². The van der Waals surface area contributed by atoms with Crippen molar-refractivity contribution in [2.75, 3.05) is 20.3 Å². The number of nitrogens with zero attached hydrogens (tertiary/aromatic N) is 3. The number of aromatic nitrogens is 1. The molecule has 1 amide bonds. The molecule has 9 heteroatoms. The topological polar surface area (TPSA) is 115 Å². The molecule has 1 atom stereocenters. The summed E-state index contributed by atoms with van der Waals surface area (Å²) in [6.45, 7) is 0.640. The second-order valence-corrected chi connectivity index (χ2v) is 4.52. The van der Waals surface area contributed by atoms with Crippen LogP contribution in [0.4, 0.5) is 10.5 Å². The molecular weight excluding hydrogens is 282 g/mol. The average molecular weight is 297 g/mol. The van der Waals surface area contributed by atoms with Gasteiger partial charge in [0, 0.05) is 18.7 Å². The van der Waals surface area contributed by atoms with Crippen LogP contribution in [0.25, 0.3) is 0 Å². The van der Waals surface area contributed by atoms with E-state index in [0.29, 0.717) is 6.54 Å². The Labute approximate surface area is 120 Å². The number of carbonyl (C=O) groups is 1. The van der Waals surface area contributed by atoms with Crippen LogP contribution in [-0.2, 0) is 0 Å². The fraction of sp³-hybridized carbons (Fsp3) is 0.500. The largest absolute Gasteiger partial charge is 0.476 e. The summed E-state index contributed by atoms with van der Waals surface area (Å²) in [5.74, 6) is 0.0219. The van der Waals surface area contributed by atoms with E-state index < -0.39 is 11.0 Å². The van der Waals surface area contributed by atoms with Crippen LogP contribution in [0.3, 0.4) is 0 Å². The van der Waals surface area contributed by atoms with Crippen LogP contribution in [-0.4, -0.2) is 52.3 Å². The number of likely N-dealkylation sites (tertiary alicyclic amines) is 1. The van der Waals surface area contributed by atoms with Gasteiger partial charge in [-0.05, 0) is 12.8 Å². The molecule has 1 aliphatic heterocycles. The summed E-state index contributed by atoms with van der Waals surface area (Å²) < 4.78 is 10.3. The molecule has 114 valence electrons. The van der Waals surface area contributed by atoms with Crippen molar-refractivity contribution in [3.63, 3.8) is 0 Å². The second-order valence-electron chi connectivity index (χ2n) is 4.52. The lowest BCUT2D eigenvalue weighted by atomic mass is 10.2. The van der Waals surface area contributed by atoms with E-state index in [1.165, 1.54) is 24.1 Å². The maximum atomic E-state index is 11.0. The molecule has 0 bridgehead atoms. The first-order valence-corrected chi connectivity index (χ1v) is 6.34. The number of rotatable bonds is 5. The van der Waals surface area contributed by atoms with Gasteiger partial charge in [-0.25, -0.2) is 4.79 Å². The van der Waals surface area contributed by atoms with Crippen molar-refractivity contribution < 1.29 is 24.3 Å². The highest BCUT2D eigenvalue weighted by atomic mass is 16.6. The van der Waals surface area contributed by atoms with Gasteiger partial charge in [-0.2, -0.15) is 4.98 Å². The molecule has 0 radical (unpaired) electrons. The van der Waals surface area contributed by atoms with Crippen molar-refractivity contribution >= 4 is 11.8 Å². The summed E-state index contributed by atoms with van der Waals surface area (Å²) in [6, 6.07) is 2.37. The monoisotopic (exact) mass is 297 g/mol. The molecule has 1 saturated heterocycles. The summed E-state index contributed by atoms with van der Waals surface area (Å²) in [6.07, 6.45) is 0.531. The number of hydrogen-bond donors (Lipinski definition) is 1. The van der Waals surface area contributed by atoms with Crippen LogP contribution in [0.1, 0.15) is 12.8 Å². The Hall–Kier alpha value is -2.58. The van der Waals surface area contributed by atoms with Gasteiger partial charge in [0.2, 0.25) is 5.88 Å². The lowest BCUT2D eigenvalue weighted by Crippen LogP contribution is -2.38. The van der Waals surface area contributed by atoms with Crippen molar-refractivity contribution in [1.29, 1.82) is 0 Å². The molecular formula is C12H15N3O6. The average Bonchev–Trinajstić information content (AvgIpc) is 2.93. The van der Waals surface area contributed by atoms with E-state index in [9.17, 15) is 14.9 Å². The second kappa shape index (κ2) is 6.25. The Kier molecular flexibility index (Phi) is 4.41. The van der Waals surface area contributed by atoms with Crippen molar-refractivity contribution in [1.82, 2.24) is 9.88 Å². The van der Waals surface area contributed by atoms with Crippen LogP contribution >= 0.6 is 0 Å². The fourth-order valence-electron chi connectivity index (χ4n) is 2.23. The number of nitro groups is 1. The Balaban J connectivity index is 2.03. The maximum absolute atomic E-state index is 11.0. The quantitative estimate of drug-likeness (QED) is 0.647. The van der Waals surface area contributed by atoms with E-state index in [2.05, 4.69) is 4.98 Å². The molecule has 1 unspecified atom stereocenters. The van der Waals surface area contributed by atoms with E-state index in [1.54, 1.807) is 0 Å². The molecule has 9 nitrogen and oxygen atoms in total. The standard InChI is InChI=1S/C12H15N3O6/c1-20-11-9(15(18)19)4-5-10(13-11)21-7-8-3-2-6-14(8)12(16)17/h4-5,8H,2-3,6-7H2,1H3,(H,16,17). The number of hydrogen-bond acceptors (Lipinski definition) is 6. The summed E-state index contributed by atoms with van der Waals surface area (Å²) >= 11 is 0. The summed E-state index contributed by atoms with van der Waals surface area (Å²) in [5, 5.41) is 19.8. The number of amides is 1. The third kappa shape index (κ3) is 3.30. The zero-order chi connectivity index (χ0) is 15.4. The van der Waals surface area contributed by atoms with Crippen molar-refractivity contribution in [2.24, 2.45) is 0 Å². The van der Waals surface area contributed by atoms with Crippen molar-refractivity contribution in [3.8, 4) is 11.8 Å². The molecule has 0 aliphatic carbocycles. The molecule has 21 heavy (non-hydrogen) atoms. The molecule has 0 aromatic carbocycles. The zero-order valence-electron chi connectivity index (χ0n) is 11.4. The highest BCUT2D eigenvalue weighted by molar-refractivity contribution is 5.65. The molecule has 1 aromatic heterocycles. The van der Waals surface area contributed by atoms with E-state index in [-0.39, 0.29) is 30.1 Å². The first kappa shape index (κ1) is 14.8. The van der Waals surface area contributed by atoms with Crippen LogP contribution in [0.5, 0.6) is 11.8 Å². The molecule has 0 spiro atoms. The Morgan fingerprint density at radius 3 is 3.00 bits per heavy atom. The minimum Gasteiger partial charge on any atom is -0.476 e. The van der Waals surface area contributed by atoms with E-state index in [1.807, 2.05) is 0 Å². The van der Waals surface area contributed by atoms with Gasteiger partial charge in [-0.1, -0.05) is 0 Å². The predicted molar refractivity (Wildman–Crippen MR) is 70.7 cm³/mol. The van der Waals surface area contributed by atoms with Gasteiger partial charge in [-0.3, -0.25) is 10.1 Å². The van der Waals surface area contributed by atoms with E-state index >= 15 is 0 Å². The normalized spacial score (nSPS) is 17.6. The molecule has 2 heterocycles. The number of pyridine rings is 1. The van der Waals surface area contributed by atoms with Crippen LogP contribution in [0.2, 0.25) is 0 Å². The minimum atomic E-state index is -0.977. The van der Waals surface area contributed by atoms with Gasteiger partial charge in [0.05, 0.1) is 18.1 Å². The van der Waals surface area contributed by atoms with Crippen molar-refractivity contribution in [3.05, 3.63) is 22.2 Å². The van der Waals surface area contributed by atoms with Gasteiger partial charge in [0.15, 0.2) is 0 Å². The first-order valence-electron chi connectivity index (χ1n) is 6.34. The molecule has 2 rings (SSSR count). The highest BCUT2D eigenvalue weighted by Gasteiger charge is 2.29. The highest BCUT2D eigenvalue weighted by Crippen LogP contribution is 2.27. The zero-order valence-corrected chi connectivity index (χ0v) is 11.4. The molecule has 1 aromatic rings. The lowest BCUT2D eigenvalue weighted by molar-refractivity contribution is -0.386. The summed E-state index contributed by atoms with van der Waals surface area (Å²) in [4.78, 5) is 26.4. The van der Waals surface area contributed by atoms with Crippen LogP contribution < -0.4 is 9.47 Å². The number of methoxy groups -OCH3 is 1. The summed E-state index contributed by atoms with van der Waals surface area (Å²) in [5.41, 5.74) is -0.252. The third-order valence-corrected chi connectivity index (χ3v) is 3.25. The molecule has 0 saturated carbocycles. The lowest BCUT2D eigenvalue weighted by Gasteiger charge is -2.21. The van der Waals surface area contributed by atoms with Crippen molar-refractivity contribution in [2.45, 2.75) is 18.9 Å². The minimum absolute atomic E-state index is 0.140. The summed E-state index contributed by atoms with van der Waals surface area (Å²) in [7, 11) is 1.28. The Morgan fingerprint density at radius 1 is 1.62 bits per heavy atom. The maximum Gasteiger partial charge on any atom is 0.407 e. The fourth-order valence-corrected chi connectivity index (χ4v) is 2.23. The molecule has 1 fully saturated rings. The number of carboxylic acid groups (broad SMARTS) is 1. The smallest absolute Gasteiger partial charge is 0.407 e. The van der Waals surface area contributed by atoms with Gasteiger partial charge in [0.1, 0.15) is 6.61 Å². The SMILES string of the molecule is COc1nc(OCC2CCCN2C(=O)O)ccc1[N+](=O)[O-]. The number of ether oxygens (including phenoxy) is 2. The predicted octanol–water partition coefficient (Wildman–Crippen LogP) is 1.52. The molecule has 1 N–H and O–H groups in total. The Bertz CT molecular complexity index is 550. The third-order valence-electron chi connectivity index (χ3n) is 3.25. The van der Waals surface area contributed by atoms with E-state index in [4.69, 9.17) is 14.6 Å².